The van der Waals surface area contributed by atoms with Crippen LogP contribution in [0.4, 0.5) is 0 Å². The summed E-state index contributed by atoms with van der Waals surface area (Å²) in [6, 6.07) is 5.00. The van der Waals surface area contributed by atoms with Crippen LogP contribution in [-0.2, 0) is 4.74 Å². The highest BCUT2D eigenvalue weighted by molar-refractivity contribution is 5.80. The van der Waals surface area contributed by atoms with Crippen molar-refractivity contribution >= 4 is 6.29 Å². The Labute approximate surface area is 99.9 Å². The lowest BCUT2D eigenvalue weighted by molar-refractivity contribution is 0.0702. The molecule has 0 fully saturated rings. The highest BCUT2D eigenvalue weighted by Gasteiger charge is 2.04. The monoisotopic (exact) mass is 240 g/mol. The predicted octanol–water partition coefficient (Wildman–Crippen LogP) is 0.895. The van der Waals surface area contributed by atoms with E-state index in [9.17, 15) is 4.79 Å². The highest BCUT2D eigenvalue weighted by Crippen LogP contribution is 2.22. The lowest BCUT2D eigenvalue weighted by Gasteiger charge is -2.09. The van der Waals surface area contributed by atoms with E-state index in [1.54, 1.807) is 18.2 Å². The molecule has 1 aromatic rings. The highest BCUT2D eigenvalue weighted by atomic mass is 16.5. The van der Waals surface area contributed by atoms with Crippen molar-refractivity contribution in [1.82, 2.24) is 0 Å². The molecule has 94 valence electrons. The van der Waals surface area contributed by atoms with Crippen LogP contribution >= 0.6 is 0 Å². The summed E-state index contributed by atoms with van der Waals surface area (Å²) in [6.45, 7) is 0.965. The Bertz CT molecular complexity index is 351. The fourth-order valence-corrected chi connectivity index (χ4v) is 1.25. The van der Waals surface area contributed by atoms with Gasteiger partial charge in [-0.1, -0.05) is 0 Å². The van der Waals surface area contributed by atoms with E-state index in [0.29, 0.717) is 36.6 Å². The first-order chi connectivity index (χ1) is 8.31. The molecule has 0 heterocycles. The third-order valence-corrected chi connectivity index (χ3v) is 2.06. The van der Waals surface area contributed by atoms with E-state index in [2.05, 4.69) is 0 Å². The Hall–Kier alpha value is -1.59. The molecule has 1 aromatic carbocycles. The van der Waals surface area contributed by atoms with Gasteiger partial charge in [-0.2, -0.15) is 0 Å². The minimum atomic E-state index is -0.0118. The fourth-order valence-electron chi connectivity index (χ4n) is 1.25. The Morgan fingerprint density at radius 2 is 2.12 bits per heavy atom. The molecule has 0 radical (unpaired) electrons. The normalized spacial score (nSPS) is 10.0. The summed E-state index contributed by atoms with van der Waals surface area (Å²) in [5.41, 5.74) is 0.437. The predicted molar refractivity (Wildman–Crippen MR) is 61.8 cm³/mol. The number of rotatable bonds is 8. The first kappa shape index (κ1) is 13.5. The van der Waals surface area contributed by atoms with Gasteiger partial charge in [-0.3, -0.25) is 4.79 Å². The summed E-state index contributed by atoms with van der Waals surface area (Å²) in [4.78, 5) is 10.8. The summed E-state index contributed by atoms with van der Waals surface area (Å²) >= 11 is 0. The molecule has 0 unspecified atom stereocenters. The molecule has 5 nitrogen and oxygen atoms in total. The van der Waals surface area contributed by atoms with Gasteiger partial charge < -0.3 is 19.3 Å². The molecule has 0 saturated carbocycles. The van der Waals surface area contributed by atoms with Crippen molar-refractivity contribution in [2.75, 3.05) is 33.5 Å². The van der Waals surface area contributed by atoms with Crippen molar-refractivity contribution in [3.63, 3.8) is 0 Å². The van der Waals surface area contributed by atoms with Crippen molar-refractivity contribution in [2.45, 2.75) is 0 Å². The van der Waals surface area contributed by atoms with Gasteiger partial charge in [0.25, 0.3) is 0 Å². The van der Waals surface area contributed by atoms with E-state index < -0.39 is 0 Å². The summed E-state index contributed by atoms with van der Waals surface area (Å²) in [5, 5.41) is 8.50. The fraction of sp³-hybridized carbons (Fsp3) is 0.417. The number of hydrogen-bond donors (Lipinski definition) is 1. The van der Waals surface area contributed by atoms with Crippen LogP contribution in [0.5, 0.6) is 11.5 Å². The zero-order valence-electron chi connectivity index (χ0n) is 9.72. The lowest BCUT2D eigenvalue weighted by atomic mass is 10.2. The number of methoxy groups -OCH3 is 1. The Morgan fingerprint density at radius 1 is 1.29 bits per heavy atom. The number of carbonyl (C=O) groups is 1. The maximum Gasteiger partial charge on any atom is 0.153 e. The molecule has 0 aromatic heterocycles. The third-order valence-electron chi connectivity index (χ3n) is 2.06. The van der Waals surface area contributed by atoms with Crippen LogP contribution in [0.2, 0.25) is 0 Å². The Kier molecular flexibility index (Phi) is 6.06. The SMILES string of the molecule is COc1ccc(OCCOCCO)c(C=O)c1. The van der Waals surface area contributed by atoms with E-state index in [1.807, 2.05) is 0 Å². The number of carbonyl (C=O) groups excluding carboxylic acids is 1. The molecule has 17 heavy (non-hydrogen) atoms. The maximum atomic E-state index is 10.8. The van der Waals surface area contributed by atoms with Crippen LogP contribution in [0.15, 0.2) is 18.2 Å². The number of aliphatic hydroxyl groups excluding tert-OH is 1. The van der Waals surface area contributed by atoms with Crippen molar-refractivity contribution in [2.24, 2.45) is 0 Å². The molecule has 0 saturated heterocycles. The van der Waals surface area contributed by atoms with Gasteiger partial charge in [0, 0.05) is 0 Å². The van der Waals surface area contributed by atoms with Gasteiger partial charge in [0.2, 0.25) is 0 Å². The average Bonchev–Trinajstić information content (AvgIpc) is 2.38. The van der Waals surface area contributed by atoms with E-state index >= 15 is 0 Å². The van der Waals surface area contributed by atoms with Gasteiger partial charge in [-0.25, -0.2) is 0 Å². The summed E-state index contributed by atoms with van der Waals surface area (Å²) < 4.78 is 15.4. The topological polar surface area (TPSA) is 65.0 Å². The zero-order chi connectivity index (χ0) is 12.5. The minimum absolute atomic E-state index is 0.0118. The van der Waals surface area contributed by atoms with Crippen LogP contribution in [-0.4, -0.2) is 44.9 Å². The summed E-state index contributed by atoms with van der Waals surface area (Å²) in [7, 11) is 1.53. The van der Waals surface area contributed by atoms with Crippen molar-refractivity contribution < 1.29 is 24.1 Å². The number of aldehydes is 1. The molecule has 1 N–H and O–H groups in total. The number of benzene rings is 1. The zero-order valence-corrected chi connectivity index (χ0v) is 9.72. The van der Waals surface area contributed by atoms with E-state index in [-0.39, 0.29) is 13.2 Å². The molecular formula is C12H16O5. The largest absolute Gasteiger partial charge is 0.497 e. The molecule has 0 aliphatic heterocycles. The molecule has 5 heteroatoms. The maximum absolute atomic E-state index is 10.8. The van der Waals surface area contributed by atoms with Crippen LogP contribution in [0.1, 0.15) is 10.4 Å². The van der Waals surface area contributed by atoms with Crippen LogP contribution in [0.3, 0.4) is 0 Å². The molecular weight excluding hydrogens is 224 g/mol. The summed E-state index contributed by atoms with van der Waals surface area (Å²) in [5.74, 6) is 1.10. The third kappa shape index (κ3) is 4.42. The van der Waals surface area contributed by atoms with Crippen molar-refractivity contribution in [3.05, 3.63) is 23.8 Å². The van der Waals surface area contributed by atoms with Gasteiger partial charge >= 0.3 is 0 Å². The van der Waals surface area contributed by atoms with Gasteiger partial charge in [-0.05, 0) is 18.2 Å². The van der Waals surface area contributed by atoms with Crippen molar-refractivity contribution in [1.29, 1.82) is 0 Å². The standard InChI is InChI=1S/C12H16O5/c1-15-11-2-3-12(10(8-11)9-14)17-7-6-16-5-4-13/h2-3,8-9,13H,4-7H2,1H3. The smallest absolute Gasteiger partial charge is 0.153 e. The average molecular weight is 240 g/mol. The van der Waals surface area contributed by atoms with E-state index in [1.165, 1.54) is 7.11 Å². The number of aliphatic hydroxyl groups is 1. The van der Waals surface area contributed by atoms with Crippen LogP contribution < -0.4 is 9.47 Å². The molecule has 0 amide bonds. The lowest BCUT2D eigenvalue weighted by Crippen LogP contribution is -2.10. The number of ether oxygens (including phenoxy) is 3. The first-order valence-corrected chi connectivity index (χ1v) is 5.26. The van der Waals surface area contributed by atoms with E-state index in [4.69, 9.17) is 19.3 Å². The molecule has 0 bridgehead atoms. The van der Waals surface area contributed by atoms with Crippen molar-refractivity contribution in [3.8, 4) is 11.5 Å². The van der Waals surface area contributed by atoms with Gasteiger partial charge in [0.1, 0.15) is 18.1 Å². The van der Waals surface area contributed by atoms with Gasteiger partial charge in [0.05, 0.1) is 32.5 Å². The second-order valence-corrected chi connectivity index (χ2v) is 3.21. The molecule has 1 rings (SSSR count). The number of hydrogen-bond acceptors (Lipinski definition) is 5. The minimum Gasteiger partial charge on any atom is -0.497 e. The molecule has 0 aliphatic carbocycles. The molecule has 0 spiro atoms. The Balaban J connectivity index is 2.49. The van der Waals surface area contributed by atoms with Gasteiger partial charge in [-0.15, -0.1) is 0 Å². The van der Waals surface area contributed by atoms with Crippen LogP contribution in [0, 0.1) is 0 Å². The van der Waals surface area contributed by atoms with Crippen LogP contribution in [0.25, 0.3) is 0 Å². The molecule has 0 atom stereocenters. The second-order valence-electron chi connectivity index (χ2n) is 3.21. The second kappa shape index (κ2) is 7.65. The molecule has 0 aliphatic rings. The quantitative estimate of drug-likeness (QED) is 0.540. The summed E-state index contributed by atoms with van der Waals surface area (Å²) in [6.07, 6.45) is 0.715. The van der Waals surface area contributed by atoms with E-state index in [0.717, 1.165) is 0 Å². The van der Waals surface area contributed by atoms with Gasteiger partial charge in [0.15, 0.2) is 6.29 Å². The Morgan fingerprint density at radius 3 is 2.76 bits per heavy atom. The first-order valence-electron chi connectivity index (χ1n) is 5.26.